The quantitative estimate of drug-likeness (QED) is 0.367. The molecule has 4 rings (SSSR count). The standard InChI is InChI=1S/C21H18Br2IN3O3/c1-26-4-6-27(7-5-26)21(29)30-19-16(22)9-12(10-17(19)23)8-15-14-11-13(24)2-3-18(14)25-20(15)28/h2-3,8-11H,4-7H2,1H3,(H,25,28). The minimum absolute atomic E-state index is 0.134. The second-order valence-electron chi connectivity index (χ2n) is 7.17. The lowest BCUT2D eigenvalue weighted by molar-refractivity contribution is -0.110. The van der Waals surface area contributed by atoms with E-state index in [4.69, 9.17) is 4.74 Å². The van der Waals surface area contributed by atoms with Crippen molar-refractivity contribution in [3.63, 3.8) is 0 Å². The highest BCUT2D eigenvalue weighted by Crippen LogP contribution is 2.38. The number of hydrogen-bond acceptors (Lipinski definition) is 4. The van der Waals surface area contributed by atoms with Crippen molar-refractivity contribution in [2.24, 2.45) is 0 Å². The number of amides is 2. The Balaban J connectivity index is 1.58. The second kappa shape index (κ2) is 8.97. The summed E-state index contributed by atoms with van der Waals surface area (Å²) < 4.78 is 7.96. The van der Waals surface area contributed by atoms with Crippen molar-refractivity contribution in [1.82, 2.24) is 9.80 Å². The van der Waals surface area contributed by atoms with E-state index in [1.807, 2.05) is 43.5 Å². The first kappa shape index (κ1) is 21.8. The van der Waals surface area contributed by atoms with Gasteiger partial charge in [0, 0.05) is 46.6 Å². The van der Waals surface area contributed by atoms with Gasteiger partial charge in [-0.15, -0.1) is 0 Å². The number of anilines is 1. The molecule has 2 aromatic rings. The molecule has 30 heavy (non-hydrogen) atoms. The van der Waals surface area contributed by atoms with E-state index in [-0.39, 0.29) is 12.0 Å². The van der Waals surface area contributed by atoms with E-state index in [0.29, 0.717) is 33.4 Å². The number of likely N-dealkylation sites (N-methyl/N-ethyl adjacent to an activating group) is 1. The van der Waals surface area contributed by atoms with Crippen molar-refractivity contribution in [3.05, 3.63) is 54.0 Å². The first-order valence-electron chi connectivity index (χ1n) is 9.29. The number of nitrogens with one attached hydrogen (secondary N) is 1. The van der Waals surface area contributed by atoms with Crippen LogP contribution in [-0.2, 0) is 4.79 Å². The summed E-state index contributed by atoms with van der Waals surface area (Å²) >= 11 is 9.24. The molecular formula is C21H18Br2IN3O3. The number of nitrogens with zero attached hydrogens (tertiary/aromatic N) is 2. The maximum Gasteiger partial charge on any atom is 0.415 e. The molecule has 2 heterocycles. The van der Waals surface area contributed by atoms with Gasteiger partial charge in [0.2, 0.25) is 0 Å². The van der Waals surface area contributed by atoms with Gasteiger partial charge in [-0.3, -0.25) is 4.79 Å². The number of halogens is 3. The molecule has 0 aliphatic carbocycles. The maximum absolute atomic E-state index is 12.5. The number of carbonyl (C=O) groups excluding carboxylic acids is 2. The van der Waals surface area contributed by atoms with Crippen molar-refractivity contribution in [3.8, 4) is 5.75 Å². The second-order valence-corrected chi connectivity index (χ2v) is 10.1. The number of ether oxygens (including phenoxy) is 1. The Morgan fingerprint density at radius 1 is 1.13 bits per heavy atom. The van der Waals surface area contributed by atoms with Crippen LogP contribution in [0.2, 0.25) is 0 Å². The Morgan fingerprint density at radius 3 is 2.47 bits per heavy atom. The monoisotopic (exact) mass is 645 g/mol. The van der Waals surface area contributed by atoms with Crippen molar-refractivity contribution in [2.45, 2.75) is 0 Å². The molecule has 6 nitrogen and oxygen atoms in total. The summed E-state index contributed by atoms with van der Waals surface area (Å²) in [6.45, 7) is 2.93. The van der Waals surface area contributed by atoms with Crippen LogP contribution in [0.1, 0.15) is 11.1 Å². The Morgan fingerprint density at radius 2 is 1.80 bits per heavy atom. The van der Waals surface area contributed by atoms with Crippen LogP contribution in [0.3, 0.4) is 0 Å². The molecule has 1 N–H and O–H groups in total. The SMILES string of the molecule is CN1CCN(C(=O)Oc2c(Br)cc(C=C3C(=O)Nc4ccc(I)cc43)cc2Br)CC1. The normalized spacial score (nSPS) is 17.8. The van der Waals surface area contributed by atoms with Crippen LogP contribution in [0.25, 0.3) is 11.6 Å². The molecule has 0 bridgehead atoms. The molecule has 0 aromatic heterocycles. The van der Waals surface area contributed by atoms with E-state index in [1.54, 1.807) is 4.90 Å². The topological polar surface area (TPSA) is 61.9 Å². The molecule has 0 atom stereocenters. The number of rotatable bonds is 2. The van der Waals surface area contributed by atoms with Gasteiger partial charge in [0.25, 0.3) is 5.91 Å². The number of piperazine rings is 1. The smallest absolute Gasteiger partial charge is 0.408 e. The lowest BCUT2D eigenvalue weighted by Crippen LogP contribution is -2.48. The van der Waals surface area contributed by atoms with Gasteiger partial charge in [0.1, 0.15) is 0 Å². The van der Waals surface area contributed by atoms with Gasteiger partial charge in [-0.05, 0) is 103 Å². The maximum atomic E-state index is 12.5. The number of carbonyl (C=O) groups is 2. The van der Waals surface area contributed by atoms with Gasteiger partial charge < -0.3 is 19.9 Å². The molecule has 2 aliphatic heterocycles. The van der Waals surface area contributed by atoms with Crippen LogP contribution in [0.4, 0.5) is 10.5 Å². The molecule has 0 radical (unpaired) electrons. The molecular weight excluding hydrogens is 629 g/mol. The molecule has 0 spiro atoms. The molecule has 156 valence electrons. The van der Waals surface area contributed by atoms with Crippen LogP contribution in [0.15, 0.2) is 39.3 Å². The fraction of sp³-hybridized carbons (Fsp3) is 0.238. The average molecular weight is 647 g/mol. The minimum atomic E-state index is -0.366. The van der Waals surface area contributed by atoms with E-state index in [2.05, 4.69) is 64.7 Å². The fourth-order valence-corrected chi connectivity index (χ4v) is 5.25. The Labute approximate surface area is 205 Å². The van der Waals surface area contributed by atoms with Crippen molar-refractivity contribution in [1.29, 1.82) is 0 Å². The van der Waals surface area contributed by atoms with Crippen LogP contribution in [-0.4, -0.2) is 55.0 Å². The zero-order chi connectivity index (χ0) is 21.4. The number of benzene rings is 2. The molecule has 2 amide bonds. The predicted molar refractivity (Wildman–Crippen MR) is 133 cm³/mol. The third-order valence-electron chi connectivity index (χ3n) is 5.05. The molecule has 2 aliphatic rings. The van der Waals surface area contributed by atoms with Gasteiger partial charge in [-0.1, -0.05) is 0 Å². The van der Waals surface area contributed by atoms with Gasteiger partial charge in [-0.2, -0.15) is 0 Å². The largest absolute Gasteiger partial charge is 0.415 e. The highest BCUT2D eigenvalue weighted by Gasteiger charge is 2.25. The van der Waals surface area contributed by atoms with Crippen LogP contribution in [0.5, 0.6) is 5.75 Å². The Kier molecular flexibility index (Phi) is 6.52. The molecule has 1 fully saturated rings. The summed E-state index contributed by atoms with van der Waals surface area (Å²) in [5.74, 6) is 0.289. The number of hydrogen-bond donors (Lipinski definition) is 1. The van der Waals surface area contributed by atoms with E-state index >= 15 is 0 Å². The van der Waals surface area contributed by atoms with Gasteiger partial charge >= 0.3 is 6.09 Å². The summed E-state index contributed by atoms with van der Waals surface area (Å²) in [5.41, 5.74) is 3.10. The molecule has 2 aromatic carbocycles. The minimum Gasteiger partial charge on any atom is -0.408 e. The first-order valence-corrected chi connectivity index (χ1v) is 12.0. The molecule has 9 heteroatoms. The summed E-state index contributed by atoms with van der Waals surface area (Å²) in [5, 5.41) is 2.89. The first-order chi connectivity index (χ1) is 14.3. The predicted octanol–water partition coefficient (Wildman–Crippen LogP) is 5.06. The van der Waals surface area contributed by atoms with E-state index in [9.17, 15) is 9.59 Å². The van der Waals surface area contributed by atoms with Crippen LogP contribution >= 0.6 is 54.5 Å². The summed E-state index contributed by atoms with van der Waals surface area (Å²) in [7, 11) is 2.03. The van der Waals surface area contributed by atoms with Gasteiger partial charge in [-0.25, -0.2) is 4.79 Å². The van der Waals surface area contributed by atoms with E-state index in [1.165, 1.54) is 0 Å². The molecule has 0 saturated carbocycles. The highest BCUT2D eigenvalue weighted by molar-refractivity contribution is 14.1. The van der Waals surface area contributed by atoms with Crippen LogP contribution in [0, 0.1) is 3.57 Å². The highest BCUT2D eigenvalue weighted by atomic mass is 127. The zero-order valence-corrected chi connectivity index (χ0v) is 21.4. The summed E-state index contributed by atoms with van der Waals surface area (Å²) in [6.07, 6.45) is 1.47. The third kappa shape index (κ3) is 4.58. The van der Waals surface area contributed by atoms with Crippen LogP contribution < -0.4 is 10.1 Å². The summed E-state index contributed by atoms with van der Waals surface area (Å²) in [4.78, 5) is 28.9. The zero-order valence-electron chi connectivity index (χ0n) is 16.0. The van der Waals surface area contributed by atoms with E-state index in [0.717, 1.165) is 33.5 Å². The van der Waals surface area contributed by atoms with Crippen molar-refractivity contribution < 1.29 is 14.3 Å². The fourth-order valence-electron chi connectivity index (χ4n) is 3.37. The Bertz CT molecular complexity index is 1040. The lowest BCUT2D eigenvalue weighted by atomic mass is 10.0. The number of fused-ring (bicyclic) bond motifs is 1. The van der Waals surface area contributed by atoms with E-state index < -0.39 is 0 Å². The van der Waals surface area contributed by atoms with Gasteiger partial charge in [0.05, 0.1) is 8.95 Å². The molecule has 0 unspecified atom stereocenters. The molecule has 1 saturated heterocycles. The Hall–Kier alpha value is -1.43. The van der Waals surface area contributed by atoms with Gasteiger partial charge in [0.15, 0.2) is 5.75 Å². The van der Waals surface area contributed by atoms with Crippen molar-refractivity contribution >= 4 is 83.8 Å². The van der Waals surface area contributed by atoms with Crippen molar-refractivity contribution in [2.75, 3.05) is 38.5 Å². The average Bonchev–Trinajstić information content (AvgIpc) is 3.00. The third-order valence-corrected chi connectivity index (χ3v) is 6.90. The lowest BCUT2D eigenvalue weighted by Gasteiger charge is -2.31. The summed E-state index contributed by atoms with van der Waals surface area (Å²) in [6, 6.07) is 9.52.